The number of methoxy groups -OCH3 is 1. The molecule has 0 atom stereocenters. The molecule has 0 aromatic carbocycles. The third kappa shape index (κ3) is 2.64. The van der Waals surface area contributed by atoms with Crippen LogP contribution >= 0.6 is 11.6 Å². The van der Waals surface area contributed by atoms with Gasteiger partial charge in [-0.15, -0.1) is 0 Å². The van der Waals surface area contributed by atoms with Crippen molar-refractivity contribution in [2.45, 2.75) is 5.03 Å². The molecule has 9 heteroatoms. The van der Waals surface area contributed by atoms with Crippen molar-refractivity contribution in [3.8, 4) is 5.88 Å². The van der Waals surface area contributed by atoms with Crippen LogP contribution in [-0.4, -0.2) is 30.1 Å². The average Bonchev–Trinajstić information content (AvgIpc) is 2.71. The Morgan fingerprint density at radius 3 is 2.74 bits per heavy atom. The van der Waals surface area contributed by atoms with E-state index in [1.807, 2.05) is 0 Å². The summed E-state index contributed by atoms with van der Waals surface area (Å²) in [5, 5.41) is -0.224. The van der Waals surface area contributed by atoms with Crippen molar-refractivity contribution in [3.05, 3.63) is 29.8 Å². The van der Waals surface area contributed by atoms with E-state index in [1.165, 1.54) is 30.3 Å². The summed E-state index contributed by atoms with van der Waals surface area (Å²) in [6, 6.07) is 3.11. The molecule has 0 unspecified atom stereocenters. The second-order valence-electron chi connectivity index (χ2n) is 3.62. The Kier molecular flexibility index (Phi) is 3.63. The zero-order valence-electron chi connectivity index (χ0n) is 10.2. The van der Waals surface area contributed by atoms with Crippen molar-refractivity contribution in [2.24, 2.45) is 7.05 Å². The van der Waals surface area contributed by atoms with Crippen LogP contribution in [0.4, 0.5) is 5.69 Å². The van der Waals surface area contributed by atoms with Crippen molar-refractivity contribution in [2.75, 3.05) is 11.8 Å². The monoisotopic (exact) mass is 302 g/mol. The SMILES string of the molecule is COc1ncccc1NS(=O)(=O)c1ncn(C)c1Cl. The zero-order valence-corrected chi connectivity index (χ0v) is 11.7. The van der Waals surface area contributed by atoms with E-state index in [9.17, 15) is 8.42 Å². The largest absolute Gasteiger partial charge is 0.480 e. The molecule has 102 valence electrons. The van der Waals surface area contributed by atoms with Crippen molar-refractivity contribution in [1.29, 1.82) is 0 Å². The molecule has 0 aliphatic rings. The molecule has 2 rings (SSSR count). The van der Waals surface area contributed by atoms with E-state index in [1.54, 1.807) is 13.1 Å². The quantitative estimate of drug-likeness (QED) is 0.919. The Morgan fingerprint density at radius 2 is 2.16 bits per heavy atom. The van der Waals surface area contributed by atoms with Crippen LogP contribution in [0.5, 0.6) is 5.88 Å². The van der Waals surface area contributed by atoms with Gasteiger partial charge in [-0.05, 0) is 12.1 Å². The second-order valence-corrected chi connectivity index (χ2v) is 5.57. The molecule has 2 heterocycles. The number of anilines is 1. The van der Waals surface area contributed by atoms with Gasteiger partial charge in [-0.1, -0.05) is 11.6 Å². The minimum Gasteiger partial charge on any atom is -0.480 e. The molecule has 0 radical (unpaired) electrons. The highest BCUT2D eigenvalue weighted by atomic mass is 35.5. The van der Waals surface area contributed by atoms with Crippen LogP contribution in [0, 0.1) is 0 Å². The molecular weight excluding hydrogens is 292 g/mol. The Labute approximate surface area is 115 Å². The molecule has 0 saturated heterocycles. The molecule has 2 aromatic heterocycles. The third-order valence-electron chi connectivity index (χ3n) is 2.30. The smallest absolute Gasteiger partial charge is 0.282 e. The fourth-order valence-corrected chi connectivity index (χ4v) is 2.89. The van der Waals surface area contributed by atoms with E-state index in [0.717, 1.165) is 0 Å². The summed E-state index contributed by atoms with van der Waals surface area (Å²) in [7, 11) is -0.897. The van der Waals surface area contributed by atoms with E-state index in [2.05, 4.69) is 14.7 Å². The fraction of sp³-hybridized carbons (Fsp3) is 0.200. The fourth-order valence-electron chi connectivity index (χ4n) is 1.40. The molecule has 0 amide bonds. The first-order chi connectivity index (χ1) is 8.95. The Hall–Kier alpha value is -1.80. The van der Waals surface area contributed by atoms with Crippen LogP contribution in [0.2, 0.25) is 5.15 Å². The topological polar surface area (TPSA) is 86.1 Å². The lowest BCUT2D eigenvalue weighted by molar-refractivity contribution is 0.400. The number of rotatable bonds is 4. The molecule has 7 nitrogen and oxygen atoms in total. The zero-order chi connectivity index (χ0) is 14.0. The van der Waals surface area contributed by atoms with Crippen molar-refractivity contribution in [3.63, 3.8) is 0 Å². The first-order valence-electron chi connectivity index (χ1n) is 5.14. The van der Waals surface area contributed by atoms with Gasteiger partial charge in [0.15, 0.2) is 0 Å². The van der Waals surface area contributed by atoms with Crippen molar-refractivity contribution in [1.82, 2.24) is 14.5 Å². The van der Waals surface area contributed by atoms with Gasteiger partial charge in [-0.3, -0.25) is 4.72 Å². The molecule has 0 spiro atoms. The van der Waals surface area contributed by atoms with Gasteiger partial charge in [0.1, 0.15) is 10.8 Å². The number of imidazole rings is 1. The molecule has 0 bridgehead atoms. The number of nitrogens with one attached hydrogen (secondary N) is 1. The molecule has 0 aliphatic carbocycles. The summed E-state index contributed by atoms with van der Waals surface area (Å²) in [6.07, 6.45) is 2.81. The maximum Gasteiger partial charge on any atom is 0.282 e. The van der Waals surface area contributed by atoms with Crippen LogP contribution in [0.15, 0.2) is 29.7 Å². The number of hydrogen-bond acceptors (Lipinski definition) is 5. The summed E-state index contributed by atoms with van der Waals surface area (Å²) < 4.78 is 33.0. The molecule has 1 N–H and O–H groups in total. The van der Waals surface area contributed by atoms with E-state index in [-0.39, 0.29) is 21.7 Å². The van der Waals surface area contributed by atoms with Gasteiger partial charge in [0.25, 0.3) is 10.0 Å². The van der Waals surface area contributed by atoms with Gasteiger partial charge in [-0.25, -0.2) is 9.97 Å². The van der Waals surface area contributed by atoms with Gasteiger partial charge >= 0.3 is 0 Å². The van der Waals surface area contributed by atoms with E-state index in [0.29, 0.717) is 0 Å². The molecule has 0 aliphatic heterocycles. The molecule has 0 saturated carbocycles. The summed E-state index contributed by atoms with van der Waals surface area (Å²) >= 11 is 5.87. The third-order valence-corrected chi connectivity index (χ3v) is 4.15. The summed E-state index contributed by atoms with van der Waals surface area (Å²) in [5.74, 6) is 0.165. The average molecular weight is 303 g/mol. The maximum atomic E-state index is 12.1. The van der Waals surface area contributed by atoms with Crippen LogP contribution < -0.4 is 9.46 Å². The number of hydrogen-bond donors (Lipinski definition) is 1. The Bertz CT molecular complexity index is 699. The predicted octanol–water partition coefficient (Wildman–Crippen LogP) is 1.28. The lowest BCUT2D eigenvalue weighted by Crippen LogP contribution is -2.15. The lowest BCUT2D eigenvalue weighted by atomic mass is 10.4. The van der Waals surface area contributed by atoms with Gasteiger partial charge in [0.2, 0.25) is 10.9 Å². The number of halogens is 1. The first-order valence-corrected chi connectivity index (χ1v) is 7.00. The lowest BCUT2D eigenvalue weighted by Gasteiger charge is -2.09. The van der Waals surface area contributed by atoms with Gasteiger partial charge in [-0.2, -0.15) is 8.42 Å². The first kappa shape index (κ1) is 13.6. The summed E-state index contributed by atoms with van der Waals surface area (Å²) in [6.45, 7) is 0. The number of pyridine rings is 1. The molecule has 0 fully saturated rings. The van der Waals surface area contributed by atoms with Gasteiger partial charge < -0.3 is 9.30 Å². The van der Waals surface area contributed by atoms with Crippen LogP contribution in [0.3, 0.4) is 0 Å². The van der Waals surface area contributed by atoms with Crippen LogP contribution in [0.1, 0.15) is 0 Å². The minimum absolute atomic E-state index is 0.0235. The van der Waals surface area contributed by atoms with Crippen molar-refractivity contribution >= 4 is 27.3 Å². The molecular formula is C10H11ClN4O3S. The molecule has 2 aromatic rings. The highest BCUT2D eigenvalue weighted by Gasteiger charge is 2.23. The summed E-state index contributed by atoms with van der Waals surface area (Å²) in [4.78, 5) is 7.65. The predicted molar refractivity (Wildman–Crippen MR) is 69.8 cm³/mol. The van der Waals surface area contributed by atoms with Crippen LogP contribution in [-0.2, 0) is 17.1 Å². The van der Waals surface area contributed by atoms with E-state index >= 15 is 0 Å². The van der Waals surface area contributed by atoms with Crippen LogP contribution in [0.25, 0.3) is 0 Å². The minimum atomic E-state index is -3.89. The maximum absolute atomic E-state index is 12.1. The second kappa shape index (κ2) is 5.06. The van der Waals surface area contributed by atoms with Crippen molar-refractivity contribution < 1.29 is 13.2 Å². The Morgan fingerprint density at radius 1 is 1.42 bits per heavy atom. The standard InChI is InChI=1S/C10H11ClN4O3S/c1-15-6-13-10(8(15)11)19(16,17)14-7-4-3-5-12-9(7)18-2/h3-6,14H,1-2H3. The number of nitrogens with zero attached hydrogens (tertiary/aromatic N) is 3. The number of sulfonamides is 1. The van der Waals surface area contributed by atoms with E-state index in [4.69, 9.17) is 16.3 Å². The normalized spacial score (nSPS) is 11.3. The summed E-state index contributed by atoms with van der Waals surface area (Å²) in [5.41, 5.74) is 0.215. The van der Waals surface area contributed by atoms with Gasteiger partial charge in [0, 0.05) is 13.2 Å². The number of aryl methyl sites for hydroxylation is 1. The number of ether oxygens (including phenoxy) is 1. The number of aromatic nitrogens is 3. The Balaban J connectivity index is 2.39. The highest BCUT2D eigenvalue weighted by Crippen LogP contribution is 2.25. The van der Waals surface area contributed by atoms with E-state index < -0.39 is 10.0 Å². The highest BCUT2D eigenvalue weighted by molar-refractivity contribution is 7.92. The molecule has 19 heavy (non-hydrogen) atoms. The van der Waals surface area contributed by atoms with Gasteiger partial charge in [0.05, 0.1) is 13.4 Å².